The van der Waals surface area contributed by atoms with Crippen LogP contribution in [0.2, 0.25) is 0 Å². The molecule has 1 heterocycles. The Morgan fingerprint density at radius 3 is 2.21 bits per heavy atom. The second kappa shape index (κ2) is 8.67. The monoisotopic (exact) mass is 396 g/mol. The van der Waals surface area contributed by atoms with Gasteiger partial charge in [0.05, 0.1) is 0 Å². The average molecular weight is 396 g/mol. The number of aryl methyl sites for hydroxylation is 2. The van der Waals surface area contributed by atoms with E-state index in [2.05, 4.69) is 16.7 Å². The molecule has 0 aromatic heterocycles. The molecule has 144 valence electrons. The zero-order valence-corrected chi connectivity index (χ0v) is 16.4. The lowest BCUT2D eigenvalue weighted by molar-refractivity contribution is -0.123. The number of para-hydroxylation sites is 1. The first kappa shape index (κ1) is 19.6. The van der Waals surface area contributed by atoms with Gasteiger partial charge >= 0.3 is 0 Å². The van der Waals surface area contributed by atoms with Gasteiger partial charge < -0.3 is 9.47 Å². The van der Waals surface area contributed by atoms with E-state index >= 15 is 0 Å². The highest BCUT2D eigenvalue weighted by Crippen LogP contribution is 2.22. The van der Waals surface area contributed by atoms with E-state index in [4.69, 9.17) is 21.7 Å². The summed E-state index contributed by atoms with van der Waals surface area (Å²) in [6.07, 6.45) is 1.48. The van der Waals surface area contributed by atoms with Crippen LogP contribution in [0.15, 0.2) is 48.0 Å². The highest BCUT2D eigenvalue weighted by molar-refractivity contribution is 7.80. The highest BCUT2D eigenvalue weighted by Gasteiger charge is 2.26. The van der Waals surface area contributed by atoms with Gasteiger partial charge in [-0.25, -0.2) is 0 Å². The van der Waals surface area contributed by atoms with Gasteiger partial charge in [-0.3, -0.25) is 20.2 Å². The van der Waals surface area contributed by atoms with Gasteiger partial charge in [0.15, 0.2) is 5.11 Å². The Balaban J connectivity index is 1.66. The summed E-state index contributed by atoms with van der Waals surface area (Å²) in [6, 6.07) is 13.2. The molecule has 3 rings (SSSR count). The smallest absolute Gasteiger partial charge is 0.263 e. The minimum absolute atomic E-state index is 0.000203. The van der Waals surface area contributed by atoms with E-state index in [1.807, 2.05) is 32.0 Å². The molecule has 2 aromatic carbocycles. The van der Waals surface area contributed by atoms with Crippen molar-refractivity contribution in [2.75, 3.05) is 13.2 Å². The molecule has 0 unspecified atom stereocenters. The lowest BCUT2D eigenvalue weighted by Gasteiger charge is -2.17. The molecule has 2 amide bonds. The van der Waals surface area contributed by atoms with Crippen LogP contribution < -0.4 is 20.1 Å². The topological polar surface area (TPSA) is 76.7 Å². The number of carbonyl (C=O) groups is 2. The quantitative estimate of drug-likeness (QED) is 0.340. The minimum atomic E-state index is -0.540. The van der Waals surface area contributed by atoms with Crippen molar-refractivity contribution >= 4 is 35.2 Å². The van der Waals surface area contributed by atoms with E-state index in [0.717, 1.165) is 16.9 Å². The van der Waals surface area contributed by atoms with Gasteiger partial charge in [-0.1, -0.05) is 24.3 Å². The van der Waals surface area contributed by atoms with Crippen molar-refractivity contribution in [2.24, 2.45) is 0 Å². The molecule has 0 atom stereocenters. The molecule has 2 aromatic rings. The Hall–Kier alpha value is -3.19. The number of amides is 2. The zero-order valence-electron chi connectivity index (χ0n) is 15.6. The van der Waals surface area contributed by atoms with Crippen molar-refractivity contribution in [3.8, 4) is 11.5 Å². The van der Waals surface area contributed by atoms with Crippen molar-refractivity contribution in [1.29, 1.82) is 0 Å². The van der Waals surface area contributed by atoms with E-state index in [1.165, 1.54) is 6.08 Å². The summed E-state index contributed by atoms with van der Waals surface area (Å²) >= 11 is 4.80. The number of benzene rings is 2. The summed E-state index contributed by atoms with van der Waals surface area (Å²) < 4.78 is 11.5. The summed E-state index contributed by atoms with van der Waals surface area (Å²) in [5.41, 5.74) is 2.85. The lowest BCUT2D eigenvalue weighted by Crippen LogP contribution is -2.51. The third kappa shape index (κ3) is 4.95. The first-order valence-electron chi connectivity index (χ1n) is 8.73. The third-order valence-corrected chi connectivity index (χ3v) is 4.17. The first-order valence-corrected chi connectivity index (χ1v) is 9.14. The van der Waals surface area contributed by atoms with Crippen molar-refractivity contribution in [2.45, 2.75) is 13.8 Å². The van der Waals surface area contributed by atoms with Crippen molar-refractivity contribution in [3.05, 3.63) is 64.7 Å². The standard InChI is InChI=1S/C21H20N2O4S/c1-13-9-14(2)11-16(10-13)26-7-8-27-18-6-4-3-5-15(18)12-17-19(24)22-21(28)23-20(17)25/h3-6,9-12H,7-8H2,1-2H3,(H2,22,23,24,25,28). The summed E-state index contributed by atoms with van der Waals surface area (Å²) in [5.74, 6) is 0.263. The zero-order chi connectivity index (χ0) is 20.1. The molecule has 1 fully saturated rings. The minimum Gasteiger partial charge on any atom is -0.490 e. The van der Waals surface area contributed by atoms with E-state index in [9.17, 15) is 9.59 Å². The fourth-order valence-electron chi connectivity index (χ4n) is 2.82. The molecule has 1 aliphatic heterocycles. The number of ether oxygens (including phenoxy) is 2. The van der Waals surface area contributed by atoms with Crippen LogP contribution in [0.25, 0.3) is 6.08 Å². The van der Waals surface area contributed by atoms with E-state index in [1.54, 1.807) is 18.2 Å². The van der Waals surface area contributed by atoms with Crippen LogP contribution >= 0.6 is 12.2 Å². The molecule has 0 aliphatic carbocycles. The number of carbonyl (C=O) groups excluding carboxylic acids is 2. The molecule has 1 saturated heterocycles. The Kier molecular flexibility index (Phi) is 6.06. The molecule has 7 heteroatoms. The van der Waals surface area contributed by atoms with Gasteiger partial charge in [0.2, 0.25) is 0 Å². The van der Waals surface area contributed by atoms with Crippen LogP contribution in [0.3, 0.4) is 0 Å². The van der Waals surface area contributed by atoms with E-state index in [0.29, 0.717) is 24.5 Å². The van der Waals surface area contributed by atoms with Crippen LogP contribution in [-0.2, 0) is 9.59 Å². The first-order chi connectivity index (χ1) is 13.4. The van der Waals surface area contributed by atoms with Crippen molar-refractivity contribution in [3.63, 3.8) is 0 Å². The average Bonchev–Trinajstić information content (AvgIpc) is 2.62. The fraction of sp³-hybridized carbons (Fsp3) is 0.190. The van der Waals surface area contributed by atoms with Crippen LogP contribution in [0.5, 0.6) is 11.5 Å². The highest BCUT2D eigenvalue weighted by atomic mass is 32.1. The van der Waals surface area contributed by atoms with Gasteiger partial charge in [0, 0.05) is 5.56 Å². The summed E-state index contributed by atoms with van der Waals surface area (Å²) in [4.78, 5) is 24.0. The number of rotatable bonds is 6. The van der Waals surface area contributed by atoms with Crippen LogP contribution in [0, 0.1) is 13.8 Å². The number of hydrogen-bond donors (Lipinski definition) is 2. The van der Waals surface area contributed by atoms with Crippen molar-refractivity contribution in [1.82, 2.24) is 10.6 Å². The van der Waals surface area contributed by atoms with E-state index in [-0.39, 0.29) is 10.7 Å². The van der Waals surface area contributed by atoms with Gasteiger partial charge in [-0.05, 0) is 61.5 Å². The predicted molar refractivity (Wildman–Crippen MR) is 110 cm³/mol. The number of thiocarbonyl (C=S) groups is 1. The molecule has 2 N–H and O–H groups in total. The second-order valence-electron chi connectivity index (χ2n) is 6.35. The Morgan fingerprint density at radius 2 is 1.54 bits per heavy atom. The summed E-state index contributed by atoms with van der Waals surface area (Å²) in [6.45, 7) is 4.72. The Morgan fingerprint density at radius 1 is 0.929 bits per heavy atom. The molecule has 28 heavy (non-hydrogen) atoms. The molecule has 0 radical (unpaired) electrons. The maximum atomic E-state index is 12.0. The molecule has 0 bridgehead atoms. The predicted octanol–water partition coefficient (Wildman–Crippen LogP) is 2.68. The van der Waals surface area contributed by atoms with Crippen LogP contribution in [0.1, 0.15) is 16.7 Å². The third-order valence-electron chi connectivity index (χ3n) is 3.97. The normalized spacial score (nSPS) is 13.6. The molecular formula is C21H20N2O4S. The van der Waals surface area contributed by atoms with Gasteiger partial charge in [-0.2, -0.15) is 0 Å². The molecule has 1 aliphatic rings. The lowest BCUT2D eigenvalue weighted by atomic mass is 10.1. The second-order valence-corrected chi connectivity index (χ2v) is 6.76. The SMILES string of the molecule is Cc1cc(C)cc(OCCOc2ccccc2C=C2C(=O)NC(=S)NC2=O)c1. The largest absolute Gasteiger partial charge is 0.490 e. The molecule has 6 nitrogen and oxygen atoms in total. The summed E-state index contributed by atoms with van der Waals surface area (Å²) in [5, 5.41) is 4.82. The molecule has 0 saturated carbocycles. The van der Waals surface area contributed by atoms with E-state index < -0.39 is 11.8 Å². The van der Waals surface area contributed by atoms with Gasteiger partial charge in [0.1, 0.15) is 30.3 Å². The van der Waals surface area contributed by atoms with Crippen LogP contribution in [0.4, 0.5) is 0 Å². The fourth-order valence-corrected chi connectivity index (χ4v) is 3.01. The number of nitrogens with one attached hydrogen (secondary N) is 2. The Bertz CT molecular complexity index is 926. The molecular weight excluding hydrogens is 376 g/mol. The van der Waals surface area contributed by atoms with Gasteiger partial charge in [0.25, 0.3) is 11.8 Å². The number of hydrogen-bond acceptors (Lipinski definition) is 5. The maximum Gasteiger partial charge on any atom is 0.263 e. The molecule has 0 spiro atoms. The maximum absolute atomic E-state index is 12.0. The summed E-state index contributed by atoms with van der Waals surface area (Å²) in [7, 11) is 0. The van der Waals surface area contributed by atoms with Crippen molar-refractivity contribution < 1.29 is 19.1 Å². The Labute approximate surface area is 168 Å². The van der Waals surface area contributed by atoms with Crippen LogP contribution in [-0.4, -0.2) is 30.1 Å². The van der Waals surface area contributed by atoms with Gasteiger partial charge in [-0.15, -0.1) is 0 Å².